The smallest absolute Gasteiger partial charge is 0.337 e. The lowest BCUT2D eigenvalue weighted by Gasteiger charge is -2.42. The number of hydrogen-bond donors (Lipinski definition) is 4. The molecular formula is C19H26O10. The molecule has 10 heteroatoms. The molecule has 0 aliphatic carbocycles. The predicted octanol–water partition coefficient (Wildman–Crippen LogP) is -1.22. The first-order chi connectivity index (χ1) is 13.9. The van der Waals surface area contributed by atoms with Gasteiger partial charge in [-0.25, -0.2) is 4.79 Å². The van der Waals surface area contributed by atoms with Crippen LogP contribution in [0.15, 0.2) is 37.1 Å². The Labute approximate surface area is 167 Å². The Morgan fingerprint density at radius 1 is 1.17 bits per heavy atom. The highest BCUT2D eigenvalue weighted by atomic mass is 16.8. The number of esters is 1. The third-order valence-electron chi connectivity index (χ3n) is 4.81. The van der Waals surface area contributed by atoms with Crippen LogP contribution in [-0.2, 0) is 28.5 Å². The van der Waals surface area contributed by atoms with Crippen molar-refractivity contribution in [1.29, 1.82) is 0 Å². The minimum absolute atomic E-state index is 0.0203. The average Bonchev–Trinajstić information content (AvgIpc) is 2.72. The Bertz CT molecular complexity index is 630. The van der Waals surface area contributed by atoms with E-state index in [1.54, 1.807) is 0 Å². The molecule has 0 aromatic heterocycles. The number of aliphatic hydroxyl groups excluding tert-OH is 4. The van der Waals surface area contributed by atoms with Gasteiger partial charge in [-0.3, -0.25) is 0 Å². The minimum Gasteiger partial charge on any atom is -0.471 e. The lowest BCUT2D eigenvalue weighted by Crippen LogP contribution is -2.60. The van der Waals surface area contributed by atoms with Crippen molar-refractivity contribution in [3.63, 3.8) is 0 Å². The minimum atomic E-state index is -1.63. The highest BCUT2D eigenvalue weighted by molar-refractivity contribution is 5.89. The zero-order valence-electron chi connectivity index (χ0n) is 15.7. The van der Waals surface area contributed by atoms with Gasteiger partial charge in [0.15, 0.2) is 6.29 Å². The SMILES string of the molecule is C=CCOC(=O)C1=CO[C@@H](O[C@@H]2O[C@H](CO)[C@@H](O)[C@H](O)[C@H]2O)[C@H](C=C)[C@@H]1CC=O. The van der Waals surface area contributed by atoms with Crippen LogP contribution in [0.1, 0.15) is 6.42 Å². The maximum atomic E-state index is 12.3. The summed E-state index contributed by atoms with van der Waals surface area (Å²) in [6.45, 7) is 6.51. The van der Waals surface area contributed by atoms with Crippen LogP contribution < -0.4 is 0 Å². The van der Waals surface area contributed by atoms with E-state index in [-0.39, 0.29) is 18.6 Å². The van der Waals surface area contributed by atoms with E-state index in [1.165, 1.54) is 12.2 Å². The number of carbonyl (C=O) groups excluding carboxylic acids is 2. The molecule has 0 unspecified atom stereocenters. The number of aliphatic hydroxyl groups is 4. The molecule has 0 aromatic rings. The molecule has 0 spiro atoms. The maximum absolute atomic E-state index is 12.3. The Morgan fingerprint density at radius 2 is 1.90 bits per heavy atom. The van der Waals surface area contributed by atoms with Crippen molar-refractivity contribution in [1.82, 2.24) is 0 Å². The molecule has 0 radical (unpaired) electrons. The van der Waals surface area contributed by atoms with Crippen LogP contribution in [0, 0.1) is 11.8 Å². The first-order valence-corrected chi connectivity index (χ1v) is 9.05. The van der Waals surface area contributed by atoms with E-state index in [4.69, 9.17) is 18.9 Å². The Kier molecular flexibility index (Phi) is 8.50. The Hall–Kier alpha value is -2.08. The van der Waals surface area contributed by atoms with Crippen LogP contribution in [0.2, 0.25) is 0 Å². The van der Waals surface area contributed by atoms with Gasteiger partial charge in [-0.2, -0.15) is 0 Å². The Balaban J connectivity index is 2.21. The molecule has 2 heterocycles. The van der Waals surface area contributed by atoms with Crippen LogP contribution in [0.25, 0.3) is 0 Å². The molecule has 8 atom stereocenters. The van der Waals surface area contributed by atoms with Gasteiger partial charge in [0.25, 0.3) is 0 Å². The number of rotatable bonds is 9. The van der Waals surface area contributed by atoms with Crippen molar-refractivity contribution in [2.45, 2.75) is 43.4 Å². The first kappa shape index (κ1) is 23.2. The normalized spacial score (nSPS) is 37.0. The van der Waals surface area contributed by atoms with Gasteiger partial charge < -0.3 is 44.2 Å². The highest BCUT2D eigenvalue weighted by Gasteiger charge is 2.47. The van der Waals surface area contributed by atoms with Gasteiger partial charge in [0.05, 0.1) is 18.4 Å². The summed E-state index contributed by atoms with van der Waals surface area (Å²) < 4.78 is 21.4. The third-order valence-corrected chi connectivity index (χ3v) is 4.81. The molecule has 1 fully saturated rings. The second-order valence-corrected chi connectivity index (χ2v) is 6.62. The standard InChI is InChI=1S/C19H26O10/c1-3-7-26-17(25)12-9-27-18(10(4-2)11(12)5-6-20)29-19-16(24)15(23)14(22)13(8-21)28-19/h3-4,6,9-11,13-16,18-19,21-24H,1-2,5,7-8H2/t10-,11+,13-,14-,15+,16-,18+,19+/m1/s1. The largest absolute Gasteiger partial charge is 0.471 e. The van der Waals surface area contributed by atoms with Crippen molar-refractivity contribution >= 4 is 12.3 Å². The summed E-state index contributed by atoms with van der Waals surface area (Å²) in [6, 6.07) is 0. The van der Waals surface area contributed by atoms with E-state index in [0.29, 0.717) is 6.29 Å². The molecule has 2 aliphatic rings. The molecule has 29 heavy (non-hydrogen) atoms. The summed E-state index contributed by atoms with van der Waals surface area (Å²) >= 11 is 0. The fourth-order valence-electron chi connectivity index (χ4n) is 3.23. The summed E-state index contributed by atoms with van der Waals surface area (Å²) in [5.41, 5.74) is 0.109. The van der Waals surface area contributed by atoms with E-state index < -0.39 is 61.4 Å². The van der Waals surface area contributed by atoms with Crippen molar-refractivity contribution in [3.8, 4) is 0 Å². The van der Waals surface area contributed by atoms with Crippen molar-refractivity contribution in [2.24, 2.45) is 11.8 Å². The van der Waals surface area contributed by atoms with Crippen molar-refractivity contribution in [3.05, 3.63) is 37.1 Å². The quantitative estimate of drug-likeness (QED) is 0.205. The van der Waals surface area contributed by atoms with Gasteiger partial charge in [-0.15, -0.1) is 6.58 Å². The van der Waals surface area contributed by atoms with E-state index in [9.17, 15) is 30.0 Å². The molecule has 2 aliphatic heterocycles. The summed E-state index contributed by atoms with van der Waals surface area (Å²) in [5.74, 6) is -2.07. The van der Waals surface area contributed by atoms with Crippen LogP contribution >= 0.6 is 0 Å². The molecule has 4 N–H and O–H groups in total. The molecule has 0 bridgehead atoms. The summed E-state index contributed by atoms with van der Waals surface area (Å²) in [6.07, 6.45) is -4.02. The van der Waals surface area contributed by atoms with E-state index in [0.717, 1.165) is 6.26 Å². The summed E-state index contributed by atoms with van der Waals surface area (Å²) in [4.78, 5) is 23.4. The second-order valence-electron chi connectivity index (χ2n) is 6.62. The van der Waals surface area contributed by atoms with Crippen LogP contribution in [-0.4, -0.2) is 82.9 Å². The predicted molar refractivity (Wildman–Crippen MR) is 96.8 cm³/mol. The highest BCUT2D eigenvalue weighted by Crippen LogP contribution is 2.36. The lowest BCUT2D eigenvalue weighted by atomic mass is 9.82. The van der Waals surface area contributed by atoms with E-state index in [2.05, 4.69) is 13.2 Å². The van der Waals surface area contributed by atoms with E-state index in [1.807, 2.05) is 0 Å². The molecule has 1 saturated heterocycles. The van der Waals surface area contributed by atoms with Crippen LogP contribution in [0.4, 0.5) is 0 Å². The maximum Gasteiger partial charge on any atom is 0.337 e. The monoisotopic (exact) mass is 414 g/mol. The number of ether oxygens (including phenoxy) is 4. The van der Waals surface area contributed by atoms with Gasteiger partial charge in [-0.1, -0.05) is 18.7 Å². The zero-order chi connectivity index (χ0) is 21.6. The zero-order valence-corrected chi connectivity index (χ0v) is 15.7. The molecule has 0 amide bonds. The summed E-state index contributed by atoms with van der Waals surface area (Å²) in [5, 5.41) is 39.2. The van der Waals surface area contributed by atoms with E-state index >= 15 is 0 Å². The van der Waals surface area contributed by atoms with Gasteiger partial charge in [0.1, 0.15) is 37.3 Å². The van der Waals surface area contributed by atoms with Gasteiger partial charge in [-0.05, 0) is 0 Å². The fourth-order valence-corrected chi connectivity index (χ4v) is 3.23. The number of carbonyl (C=O) groups is 2. The van der Waals surface area contributed by atoms with Crippen LogP contribution in [0.3, 0.4) is 0 Å². The van der Waals surface area contributed by atoms with Crippen molar-refractivity contribution in [2.75, 3.05) is 13.2 Å². The van der Waals surface area contributed by atoms with Gasteiger partial charge in [0.2, 0.25) is 6.29 Å². The topological polar surface area (TPSA) is 152 Å². The molecular weight excluding hydrogens is 388 g/mol. The molecule has 10 nitrogen and oxygen atoms in total. The average molecular weight is 414 g/mol. The van der Waals surface area contributed by atoms with Gasteiger partial charge >= 0.3 is 5.97 Å². The van der Waals surface area contributed by atoms with Gasteiger partial charge in [0, 0.05) is 18.3 Å². The summed E-state index contributed by atoms with van der Waals surface area (Å²) in [7, 11) is 0. The molecule has 0 aromatic carbocycles. The molecule has 162 valence electrons. The first-order valence-electron chi connectivity index (χ1n) is 9.05. The molecule has 2 rings (SSSR count). The third kappa shape index (κ3) is 5.10. The number of aldehydes is 1. The fraction of sp³-hybridized carbons (Fsp3) is 0.579. The molecule has 0 saturated carbocycles. The Morgan fingerprint density at radius 3 is 2.48 bits per heavy atom. The second kappa shape index (κ2) is 10.6. The number of hydrogen-bond acceptors (Lipinski definition) is 10. The van der Waals surface area contributed by atoms with Crippen LogP contribution in [0.5, 0.6) is 0 Å². The lowest BCUT2D eigenvalue weighted by molar-refractivity contribution is -0.339. The van der Waals surface area contributed by atoms with Crippen molar-refractivity contribution < 1.29 is 49.0 Å².